The third-order valence-electron chi connectivity index (χ3n) is 12.4. The minimum absolute atomic E-state index is 0.171. The van der Waals surface area contributed by atoms with Gasteiger partial charge in [-0.1, -0.05) is 97.1 Å². The quantitative estimate of drug-likeness (QED) is 0.143. The molecule has 8 aromatic carbocycles. The molecule has 12 rings (SSSR count). The Bertz CT molecular complexity index is 2470. The second-order valence-electron chi connectivity index (χ2n) is 15.6. The van der Waals surface area contributed by atoms with Crippen LogP contribution in [0.5, 0.6) is 0 Å². The van der Waals surface area contributed by atoms with Crippen LogP contribution >= 0.6 is 0 Å². The Morgan fingerprint density at radius 1 is 0.460 bits per heavy atom. The molecule has 4 fully saturated rings. The summed E-state index contributed by atoms with van der Waals surface area (Å²) in [5.74, 6) is 0.946. The summed E-state index contributed by atoms with van der Waals surface area (Å²) in [6, 6.07) is 37.9. The number of urea groups is 2. The van der Waals surface area contributed by atoms with Crippen molar-refractivity contribution < 1.29 is 9.59 Å². The molecule has 244 valence electrons. The van der Waals surface area contributed by atoms with E-state index in [1.165, 1.54) is 60.3 Å². The first-order valence-corrected chi connectivity index (χ1v) is 17.9. The Kier molecular flexibility index (Phi) is 5.63. The number of rotatable bonds is 4. The van der Waals surface area contributed by atoms with Crippen LogP contribution in [0.1, 0.15) is 38.5 Å². The van der Waals surface area contributed by atoms with Gasteiger partial charge in [0, 0.05) is 21.9 Å². The van der Waals surface area contributed by atoms with Gasteiger partial charge in [-0.25, -0.2) is 9.59 Å². The van der Waals surface area contributed by atoms with E-state index in [9.17, 15) is 9.59 Å². The monoisotopic (exact) mass is 652 g/mol. The number of hydrogen-bond donors (Lipinski definition) is 4. The number of nitrogens with one attached hydrogen (secondary N) is 4. The van der Waals surface area contributed by atoms with Crippen molar-refractivity contribution in [3.63, 3.8) is 0 Å². The number of hydrogen-bond acceptors (Lipinski definition) is 2. The van der Waals surface area contributed by atoms with Crippen molar-refractivity contribution in [2.45, 2.75) is 49.6 Å². The van der Waals surface area contributed by atoms with E-state index in [4.69, 9.17) is 0 Å². The summed E-state index contributed by atoms with van der Waals surface area (Å²) in [6.07, 6.45) is 5.72. The minimum Gasteiger partial charge on any atom is -0.332 e. The van der Waals surface area contributed by atoms with E-state index in [0.717, 1.165) is 54.3 Å². The van der Waals surface area contributed by atoms with E-state index in [1.54, 1.807) is 0 Å². The standard InChI is InChI=1S/C44H36N4O2/c49-41(45-35-17-13-31-9-7-27-3-1-5-29-11-15-33(35)39(31)37(27)29)47-43-20-25-19-26(21-43)23-44(22-25,24-43)48-42(50)46-36-18-14-32-10-8-28-4-2-6-30-12-16-34(36)40(32)38(28)30/h1-18,25-26H,19-24H2,(H2,45,47,49)(H2,46,48,50). The zero-order valence-corrected chi connectivity index (χ0v) is 27.6. The van der Waals surface area contributed by atoms with Crippen molar-refractivity contribution in [1.82, 2.24) is 10.6 Å². The summed E-state index contributed by atoms with van der Waals surface area (Å²) in [4.78, 5) is 27.7. The first-order valence-electron chi connectivity index (χ1n) is 17.9. The predicted molar refractivity (Wildman–Crippen MR) is 205 cm³/mol. The lowest BCUT2D eigenvalue weighted by atomic mass is 9.50. The van der Waals surface area contributed by atoms with E-state index in [1.807, 2.05) is 12.1 Å². The van der Waals surface area contributed by atoms with Crippen LogP contribution in [0, 0.1) is 11.8 Å². The first kappa shape index (κ1) is 28.2. The summed E-state index contributed by atoms with van der Waals surface area (Å²) in [6.45, 7) is 0. The number of carbonyl (C=O) groups excluding carboxylic acids is 2. The second-order valence-corrected chi connectivity index (χ2v) is 15.6. The molecule has 0 aliphatic heterocycles. The molecule has 4 N–H and O–H groups in total. The van der Waals surface area contributed by atoms with Crippen LogP contribution in [0.15, 0.2) is 109 Å². The molecule has 4 aliphatic rings. The molecule has 0 aromatic heterocycles. The normalized spacial score (nSPS) is 24.2. The van der Waals surface area contributed by atoms with Gasteiger partial charge in [0.2, 0.25) is 0 Å². The molecular weight excluding hydrogens is 617 g/mol. The fourth-order valence-corrected chi connectivity index (χ4v) is 11.0. The van der Waals surface area contributed by atoms with Gasteiger partial charge in [-0.15, -0.1) is 0 Å². The highest BCUT2D eigenvalue weighted by atomic mass is 16.2. The van der Waals surface area contributed by atoms with Crippen molar-refractivity contribution in [1.29, 1.82) is 0 Å². The SMILES string of the molecule is O=C(Nc1ccc2ccc3cccc4ccc1c2c34)NC12CC3CC(C1)CC(NC(=O)Nc1ccc4ccc5cccc6ccc1c4c56)(C3)C2. The Labute approximate surface area is 288 Å². The van der Waals surface area contributed by atoms with Gasteiger partial charge in [-0.05, 0) is 116 Å². The fourth-order valence-electron chi connectivity index (χ4n) is 11.0. The summed E-state index contributed by atoms with van der Waals surface area (Å²) < 4.78 is 0. The van der Waals surface area contributed by atoms with Gasteiger partial charge in [-0.3, -0.25) is 0 Å². The van der Waals surface area contributed by atoms with Crippen LogP contribution in [0.3, 0.4) is 0 Å². The van der Waals surface area contributed by atoms with Crippen LogP contribution in [-0.4, -0.2) is 23.1 Å². The molecule has 50 heavy (non-hydrogen) atoms. The highest BCUT2D eigenvalue weighted by Crippen LogP contribution is 2.57. The third kappa shape index (κ3) is 4.14. The van der Waals surface area contributed by atoms with E-state index in [2.05, 4.69) is 118 Å². The Hall–Kier alpha value is -5.62. The van der Waals surface area contributed by atoms with Crippen molar-refractivity contribution >= 4 is 88.1 Å². The number of benzene rings is 8. The van der Waals surface area contributed by atoms with Gasteiger partial charge in [0.15, 0.2) is 0 Å². The van der Waals surface area contributed by atoms with Crippen LogP contribution in [0.2, 0.25) is 0 Å². The van der Waals surface area contributed by atoms with Crippen molar-refractivity contribution in [3.8, 4) is 0 Å². The van der Waals surface area contributed by atoms with Crippen molar-refractivity contribution in [3.05, 3.63) is 109 Å². The zero-order chi connectivity index (χ0) is 33.2. The molecule has 4 amide bonds. The summed E-state index contributed by atoms with van der Waals surface area (Å²) in [5.41, 5.74) is 0.938. The van der Waals surface area contributed by atoms with E-state index >= 15 is 0 Å². The lowest BCUT2D eigenvalue weighted by Gasteiger charge is -2.62. The molecule has 0 radical (unpaired) electrons. The maximum Gasteiger partial charge on any atom is 0.319 e. The summed E-state index contributed by atoms with van der Waals surface area (Å²) in [5, 5.41) is 27.6. The van der Waals surface area contributed by atoms with Gasteiger partial charge in [0.05, 0.1) is 11.4 Å². The predicted octanol–water partition coefficient (Wildman–Crippen LogP) is 10.5. The second kappa shape index (κ2) is 9.97. The zero-order valence-electron chi connectivity index (χ0n) is 27.6. The molecule has 6 nitrogen and oxygen atoms in total. The van der Waals surface area contributed by atoms with Gasteiger partial charge in [0.1, 0.15) is 0 Å². The number of amides is 4. The maximum atomic E-state index is 13.9. The molecular formula is C44H36N4O2. The van der Waals surface area contributed by atoms with Gasteiger partial charge >= 0.3 is 12.1 Å². The fraction of sp³-hybridized carbons (Fsp3) is 0.227. The average Bonchev–Trinajstić information content (AvgIpc) is 3.09. The average molecular weight is 653 g/mol. The smallest absolute Gasteiger partial charge is 0.319 e. The van der Waals surface area contributed by atoms with Gasteiger partial charge < -0.3 is 21.3 Å². The molecule has 4 aliphatic carbocycles. The highest BCUT2D eigenvalue weighted by molar-refractivity contribution is 6.27. The van der Waals surface area contributed by atoms with Crippen molar-refractivity contribution in [2.75, 3.05) is 10.6 Å². The molecule has 0 unspecified atom stereocenters. The third-order valence-corrected chi connectivity index (χ3v) is 12.4. The van der Waals surface area contributed by atoms with E-state index in [0.29, 0.717) is 11.8 Å². The summed E-state index contributed by atoms with van der Waals surface area (Å²) in [7, 11) is 0. The minimum atomic E-state index is -0.349. The van der Waals surface area contributed by atoms with Crippen molar-refractivity contribution in [2.24, 2.45) is 11.8 Å². The topological polar surface area (TPSA) is 82.3 Å². The van der Waals surface area contributed by atoms with Crippen LogP contribution in [0.4, 0.5) is 21.0 Å². The van der Waals surface area contributed by atoms with Crippen LogP contribution in [-0.2, 0) is 0 Å². The number of anilines is 2. The first-order chi connectivity index (χ1) is 24.4. The summed E-state index contributed by atoms with van der Waals surface area (Å²) >= 11 is 0. The largest absolute Gasteiger partial charge is 0.332 e. The molecule has 0 spiro atoms. The lowest BCUT2D eigenvalue weighted by molar-refractivity contribution is -0.0400. The molecule has 8 aromatic rings. The van der Waals surface area contributed by atoms with Crippen LogP contribution < -0.4 is 21.3 Å². The lowest BCUT2D eigenvalue weighted by Crippen LogP contribution is -2.70. The maximum absolute atomic E-state index is 13.9. The molecule has 0 heterocycles. The van der Waals surface area contributed by atoms with E-state index in [-0.39, 0.29) is 23.1 Å². The molecule has 0 atom stereocenters. The van der Waals surface area contributed by atoms with E-state index < -0.39 is 0 Å². The number of carbonyl (C=O) groups is 2. The molecule has 6 heteroatoms. The Balaban J connectivity index is 0.859. The van der Waals surface area contributed by atoms with Gasteiger partial charge in [0.25, 0.3) is 0 Å². The van der Waals surface area contributed by atoms with Crippen LogP contribution in [0.25, 0.3) is 64.6 Å². The molecule has 4 bridgehead atoms. The Morgan fingerprint density at radius 3 is 1.24 bits per heavy atom. The highest BCUT2D eigenvalue weighted by Gasteiger charge is 2.59. The molecule has 4 saturated carbocycles. The molecule has 0 saturated heterocycles. The van der Waals surface area contributed by atoms with Gasteiger partial charge in [-0.2, -0.15) is 0 Å². The Morgan fingerprint density at radius 2 is 0.820 bits per heavy atom.